The number of hydrogen-bond donors (Lipinski definition) is 2. The van der Waals surface area contributed by atoms with Gasteiger partial charge in [-0.05, 0) is 18.4 Å². The Morgan fingerprint density at radius 2 is 2.11 bits per heavy atom. The normalized spacial score (nSPS) is 25.2. The Labute approximate surface area is 112 Å². The standard InChI is InChI=1S/C15H19NO3/c17-10-15(7-4-8-15)13(11-5-2-1-3-6-11)16-14(18)12-9-19-12/h1-3,5-6,12-13,17H,4,7-10H2,(H,16,18). The number of aliphatic hydroxyl groups excluding tert-OH is 1. The van der Waals surface area contributed by atoms with E-state index in [1.165, 1.54) is 0 Å². The van der Waals surface area contributed by atoms with E-state index >= 15 is 0 Å². The summed E-state index contributed by atoms with van der Waals surface area (Å²) in [6.45, 7) is 0.623. The highest BCUT2D eigenvalue weighted by Crippen LogP contribution is 2.50. The van der Waals surface area contributed by atoms with Gasteiger partial charge in [0.15, 0.2) is 6.10 Å². The van der Waals surface area contributed by atoms with Gasteiger partial charge < -0.3 is 15.2 Å². The van der Waals surface area contributed by atoms with Crippen molar-refractivity contribution in [2.75, 3.05) is 13.2 Å². The van der Waals surface area contributed by atoms with Crippen LogP contribution in [0.2, 0.25) is 0 Å². The third-order valence-corrected chi connectivity index (χ3v) is 4.32. The van der Waals surface area contributed by atoms with Crippen LogP contribution in [0.25, 0.3) is 0 Å². The van der Waals surface area contributed by atoms with Crippen molar-refractivity contribution in [3.05, 3.63) is 35.9 Å². The highest BCUT2D eigenvalue weighted by Gasteiger charge is 2.46. The minimum absolute atomic E-state index is 0.0615. The van der Waals surface area contributed by atoms with Crippen LogP contribution in [0.5, 0.6) is 0 Å². The highest BCUT2D eigenvalue weighted by atomic mass is 16.6. The van der Waals surface area contributed by atoms with E-state index in [2.05, 4.69) is 5.32 Å². The number of nitrogens with one attached hydrogen (secondary N) is 1. The van der Waals surface area contributed by atoms with E-state index < -0.39 is 0 Å². The fourth-order valence-electron chi connectivity index (χ4n) is 2.84. The summed E-state index contributed by atoms with van der Waals surface area (Å²) in [5, 5.41) is 12.8. The first-order valence-corrected chi connectivity index (χ1v) is 6.83. The molecule has 2 atom stereocenters. The maximum Gasteiger partial charge on any atom is 0.252 e. The molecule has 0 aromatic heterocycles. The first-order chi connectivity index (χ1) is 9.25. The molecule has 1 aromatic rings. The summed E-state index contributed by atoms with van der Waals surface area (Å²) in [7, 11) is 0. The van der Waals surface area contributed by atoms with Crippen LogP contribution in [-0.2, 0) is 9.53 Å². The molecule has 0 radical (unpaired) electrons. The fraction of sp³-hybridized carbons (Fsp3) is 0.533. The number of benzene rings is 1. The third kappa shape index (κ3) is 2.38. The molecule has 102 valence electrons. The molecular weight excluding hydrogens is 242 g/mol. The predicted molar refractivity (Wildman–Crippen MR) is 70.4 cm³/mol. The van der Waals surface area contributed by atoms with Crippen molar-refractivity contribution in [3.8, 4) is 0 Å². The Kier molecular flexibility index (Phi) is 3.29. The quantitative estimate of drug-likeness (QED) is 0.788. The van der Waals surface area contributed by atoms with Gasteiger partial charge in [0.05, 0.1) is 19.3 Å². The van der Waals surface area contributed by atoms with Crippen LogP contribution < -0.4 is 5.32 Å². The molecule has 1 aliphatic carbocycles. The summed E-state index contributed by atoms with van der Waals surface area (Å²) < 4.78 is 5.03. The molecule has 1 saturated carbocycles. The number of rotatable bonds is 5. The average molecular weight is 261 g/mol. The van der Waals surface area contributed by atoms with Gasteiger partial charge in [-0.15, -0.1) is 0 Å². The molecule has 2 fully saturated rings. The summed E-state index contributed by atoms with van der Waals surface area (Å²) in [5.41, 5.74) is 0.858. The Bertz CT molecular complexity index is 446. The summed E-state index contributed by atoms with van der Waals surface area (Å²) in [6, 6.07) is 9.78. The van der Waals surface area contributed by atoms with Gasteiger partial charge in [-0.25, -0.2) is 0 Å². The van der Waals surface area contributed by atoms with Gasteiger partial charge in [-0.2, -0.15) is 0 Å². The Morgan fingerprint density at radius 3 is 2.58 bits per heavy atom. The molecule has 2 aliphatic rings. The van der Waals surface area contributed by atoms with Crippen molar-refractivity contribution < 1.29 is 14.6 Å². The molecule has 0 spiro atoms. The number of amides is 1. The Morgan fingerprint density at radius 1 is 1.42 bits per heavy atom. The van der Waals surface area contributed by atoms with Crippen molar-refractivity contribution in [1.82, 2.24) is 5.32 Å². The molecule has 1 saturated heterocycles. The van der Waals surface area contributed by atoms with Gasteiger partial charge in [0.25, 0.3) is 5.91 Å². The van der Waals surface area contributed by atoms with Crippen LogP contribution in [0.3, 0.4) is 0 Å². The SMILES string of the molecule is O=C(NC(c1ccccc1)C1(CO)CCC1)C1CO1. The molecule has 1 heterocycles. The molecular formula is C15H19NO3. The zero-order valence-corrected chi connectivity index (χ0v) is 10.8. The van der Waals surface area contributed by atoms with Crippen LogP contribution in [0.1, 0.15) is 30.9 Å². The zero-order chi connectivity index (χ0) is 13.3. The van der Waals surface area contributed by atoms with E-state index in [9.17, 15) is 9.90 Å². The lowest BCUT2D eigenvalue weighted by molar-refractivity contribution is -0.125. The number of ether oxygens (including phenoxy) is 1. The molecule has 1 aliphatic heterocycles. The molecule has 1 amide bonds. The molecule has 4 nitrogen and oxygen atoms in total. The van der Waals surface area contributed by atoms with E-state index in [0.29, 0.717) is 6.61 Å². The second-order valence-corrected chi connectivity index (χ2v) is 5.55. The van der Waals surface area contributed by atoms with E-state index in [1.807, 2.05) is 30.3 Å². The maximum atomic E-state index is 12.0. The summed E-state index contributed by atoms with van der Waals surface area (Å²) in [6.07, 6.45) is 2.73. The lowest BCUT2D eigenvalue weighted by atomic mass is 9.63. The van der Waals surface area contributed by atoms with Crippen molar-refractivity contribution >= 4 is 5.91 Å². The van der Waals surface area contributed by atoms with Crippen molar-refractivity contribution in [3.63, 3.8) is 0 Å². The second-order valence-electron chi connectivity index (χ2n) is 5.55. The minimum atomic E-state index is -0.290. The molecule has 3 rings (SSSR count). The summed E-state index contributed by atoms with van der Waals surface area (Å²) >= 11 is 0. The van der Waals surface area contributed by atoms with E-state index in [4.69, 9.17) is 4.74 Å². The van der Waals surface area contributed by atoms with Gasteiger partial charge >= 0.3 is 0 Å². The van der Waals surface area contributed by atoms with Gasteiger partial charge in [0.2, 0.25) is 0 Å². The molecule has 0 bridgehead atoms. The number of aliphatic hydroxyl groups is 1. The molecule has 2 unspecified atom stereocenters. The van der Waals surface area contributed by atoms with Gasteiger partial charge in [-0.3, -0.25) is 4.79 Å². The van der Waals surface area contributed by atoms with Crippen LogP contribution in [0.4, 0.5) is 0 Å². The first kappa shape index (κ1) is 12.6. The number of hydrogen-bond acceptors (Lipinski definition) is 3. The van der Waals surface area contributed by atoms with E-state index in [-0.39, 0.29) is 30.1 Å². The van der Waals surface area contributed by atoms with Crippen LogP contribution in [0.15, 0.2) is 30.3 Å². The number of carbonyl (C=O) groups is 1. The number of carbonyl (C=O) groups excluding carboxylic acids is 1. The monoisotopic (exact) mass is 261 g/mol. The van der Waals surface area contributed by atoms with E-state index in [1.54, 1.807) is 0 Å². The maximum absolute atomic E-state index is 12.0. The summed E-state index contributed by atoms with van der Waals surface area (Å²) in [5.74, 6) is -0.0615. The zero-order valence-electron chi connectivity index (χ0n) is 10.8. The fourth-order valence-corrected chi connectivity index (χ4v) is 2.84. The largest absolute Gasteiger partial charge is 0.396 e. The van der Waals surface area contributed by atoms with Gasteiger partial charge in [-0.1, -0.05) is 36.8 Å². The summed E-state index contributed by atoms with van der Waals surface area (Å²) in [4.78, 5) is 12.0. The van der Waals surface area contributed by atoms with E-state index in [0.717, 1.165) is 24.8 Å². The topological polar surface area (TPSA) is 61.9 Å². The van der Waals surface area contributed by atoms with Crippen LogP contribution in [0, 0.1) is 5.41 Å². The van der Waals surface area contributed by atoms with Crippen LogP contribution in [-0.4, -0.2) is 30.3 Å². The molecule has 19 heavy (non-hydrogen) atoms. The lowest BCUT2D eigenvalue weighted by Gasteiger charge is -2.47. The predicted octanol–water partition coefficient (Wildman–Crippen LogP) is 1.41. The molecule has 4 heteroatoms. The Hall–Kier alpha value is -1.39. The first-order valence-electron chi connectivity index (χ1n) is 6.83. The van der Waals surface area contributed by atoms with Crippen molar-refractivity contribution in [1.29, 1.82) is 0 Å². The van der Waals surface area contributed by atoms with Gasteiger partial charge in [0.1, 0.15) is 0 Å². The minimum Gasteiger partial charge on any atom is -0.396 e. The lowest BCUT2D eigenvalue weighted by Crippen LogP contribution is -2.48. The molecule has 1 aromatic carbocycles. The van der Waals surface area contributed by atoms with Crippen LogP contribution >= 0.6 is 0 Å². The average Bonchev–Trinajstić information content (AvgIpc) is 3.22. The Balaban J connectivity index is 1.84. The third-order valence-electron chi connectivity index (χ3n) is 4.32. The number of epoxide rings is 1. The van der Waals surface area contributed by atoms with Gasteiger partial charge in [0, 0.05) is 5.41 Å². The highest BCUT2D eigenvalue weighted by molar-refractivity contribution is 5.83. The second kappa shape index (κ2) is 4.94. The smallest absolute Gasteiger partial charge is 0.252 e. The van der Waals surface area contributed by atoms with Crippen molar-refractivity contribution in [2.24, 2.45) is 5.41 Å². The molecule has 2 N–H and O–H groups in total. The van der Waals surface area contributed by atoms with Crippen molar-refractivity contribution in [2.45, 2.75) is 31.4 Å².